The van der Waals surface area contributed by atoms with E-state index >= 15 is 0 Å². The van der Waals surface area contributed by atoms with E-state index in [0.717, 1.165) is 13.1 Å². The van der Waals surface area contributed by atoms with Crippen LogP contribution in [0.4, 0.5) is 0 Å². The third-order valence-electron chi connectivity index (χ3n) is 3.51. The number of rotatable bonds is 7. The highest BCUT2D eigenvalue weighted by molar-refractivity contribution is 7.09. The van der Waals surface area contributed by atoms with E-state index in [0.29, 0.717) is 11.5 Å². The fraction of sp³-hybridized carbons (Fsp3) is 0.733. The molecular formula is C15H28N2S. The largest absolute Gasteiger partial charge is 0.316 e. The summed E-state index contributed by atoms with van der Waals surface area (Å²) in [6, 6.07) is 4.95. The van der Waals surface area contributed by atoms with Crippen LogP contribution in [0.15, 0.2) is 17.5 Å². The molecule has 0 spiro atoms. The topological polar surface area (TPSA) is 15.3 Å². The molecule has 1 N–H and O–H groups in total. The quantitative estimate of drug-likeness (QED) is 0.816. The van der Waals surface area contributed by atoms with Gasteiger partial charge in [-0.1, -0.05) is 26.8 Å². The van der Waals surface area contributed by atoms with Gasteiger partial charge in [0.1, 0.15) is 0 Å². The molecule has 0 radical (unpaired) electrons. The van der Waals surface area contributed by atoms with Gasteiger partial charge >= 0.3 is 0 Å². The molecule has 0 bridgehead atoms. The molecule has 0 aromatic carbocycles. The second-order valence-corrected chi connectivity index (χ2v) is 7.16. The van der Waals surface area contributed by atoms with Crippen molar-refractivity contribution in [3.05, 3.63) is 22.4 Å². The molecule has 104 valence electrons. The van der Waals surface area contributed by atoms with Gasteiger partial charge in [-0.05, 0) is 50.3 Å². The van der Waals surface area contributed by atoms with Gasteiger partial charge in [-0.2, -0.15) is 0 Å². The average Bonchev–Trinajstić information content (AvgIpc) is 2.78. The van der Waals surface area contributed by atoms with Crippen LogP contribution in [0.5, 0.6) is 0 Å². The van der Waals surface area contributed by atoms with E-state index in [1.54, 1.807) is 0 Å². The van der Waals surface area contributed by atoms with Crippen LogP contribution >= 0.6 is 11.3 Å². The van der Waals surface area contributed by atoms with Crippen molar-refractivity contribution in [1.29, 1.82) is 0 Å². The Morgan fingerprint density at radius 1 is 1.33 bits per heavy atom. The summed E-state index contributed by atoms with van der Waals surface area (Å²) in [5.74, 6) is 0. The lowest BCUT2D eigenvalue weighted by molar-refractivity contribution is 0.231. The summed E-state index contributed by atoms with van der Waals surface area (Å²) in [7, 11) is 4.30. The van der Waals surface area contributed by atoms with E-state index in [4.69, 9.17) is 0 Å². The third kappa shape index (κ3) is 5.51. The monoisotopic (exact) mass is 268 g/mol. The lowest BCUT2D eigenvalue weighted by Gasteiger charge is -2.31. The Bertz CT molecular complexity index is 314. The molecule has 1 aromatic heterocycles. The van der Waals surface area contributed by atoms with Gasteiger partial charge in [-0.25, -0.2) is 0 Å². The van der Waals surface area contributed by atoms with Crippen LogP contribution in [0.25, 0.3) is 0 Å². The molecule has 0 aliphatic rings. The van der Waals surface area contributed by atoms with Crippen molar-refractivity contribution in [2.75, 3.05) is 27.2 Å². The predicted molar refractivity (Wildman–Crippen MR) is 82.4 cm³/mol. The van der Waals surface area contributed by atoms with Crippen LogP contribution in [-0.2, 0) is 6.42 Å². The Labute approximate surface area is 116 Å². The van der Waals surface area contributed by atoms with Crippen molar-refractivity contribution < 1.29 is 0 Å². The zero-order valence-corrected chi connectivity index (χ0v) is 13.3. The first-order chi connectivity index (χ1) is 8.43. The van der Waals surface area contributed by atoms with Crippen LogP contribution in [0.2, 0.25) is 0 Å². The first-order valence-electron chi connectivity index (χ1n) is 6.81. The van der Waals surface area contributed by atoms with Gasteiger partial charge in [-0.15, -0.1) is 11.3 Å². The molecule has 1 atom stereocenters. The molecule has 3 heteroatoms. The van der Waals surface area contributed by atoms with Crippen LogP contribution in [0, 0.1) is 5.41 Å². The van der Waals surface area contributed by atoms with Crippen LogP contribution in [0.1, 0.15) is 32.1 Å². The van der Waals surface area contributed by atoms with Crippen LogP contribution in [0.3, 0.4) is 0 Å². The van der Waals surface area contributed by atoms with Crippen molar-refractivity contribution in [1.82, 2.24) is 10.2 Å². The van der Waals surface area contributed by atoms with Crippen molar-refractivity contribution in [3.8, 4) is 0 Å². The van der Waals surface area contributed by atoms with E-state index in [1.165, 1.54) is 17.7 Å². The van der Waals surface area contributed by atoms with E-state index in [1.807, 2.05) is 11.3 Å². The van der Waals surface area contributed by atoms with Crippen molar-refractivity contribution in [2.24, 2.45) is 5.41 Å². The number of nitrogens with one attached hydrogen (secondary N) is 1. The molecule has 2 nitrogen and oxygen atoms in total. The number of thiophene rings is 1. The SMILES string of the molecule is CNC(CCN(C)CCc1cccs1)C(C)(C)C. The minimum Gasteiger partial charge on any atom is -0.316 e. The van der Waals surface area contributed by atoms with Crippen LogP contribution < -0.4 is 5.32 Å². The van der Waals surface area contributed by atoms with Gasteiger partial charge in [0.05, 0.1) is 0 Å². The second-order valence-electron chi connectivity index (χ2n) is 6.13. The lowest BCUT2D eigenvalue weighted by Crippen LogP contribution is -2.40. The van der Waals surface area contributed by atoms with Gasteiger partial charge in [0, 0.05) is 17.5 Å². The summed E-state index contributed by atoms with van der Waals surface area (Å²) < 4.78 is 0. The van der Waals surface area contributed by atoms with Crippen molar-refractivity contribution in [2.45, 2.75) is 39.7 Å². The minimum atomic E-state index is 0.337. The maximum absolute atomic E-state index is 3.44. The summed E-state index contributed by atoms with van der Waals surface area (Å²) in [5.41, 5.74) is 0.337. The molecule has 0 aliphatic heterocycles. The molecule has 0 saturated carbocycles. The molecule has 0 aliphatic carbocycles. The molecule has 0 saturated heterocycles. The Hall–Kier alpha value is -0.380. The second kappa shape index (κ2) is 7.27. The van der Waals surface area contributed by atoms with Gasteiger partial charge in [0.25, 0.3) is 0 Å². The standard InChI is InChI=1S/C15H28N2S/c1-15(2,3)14(16-4)9-11-17(5)10-8-13-7-6-12-18-13/h6-7,12,14,16H,8-11H2,1-5H3. The Morgan fingerprint density at radius 2 is 2.06 bits per heavy atom. The number of hydrogen-bond acceptors (Lipinski definition) is 3. The zero-order valence-electron chi connectivity index (χ0n) is 12.5. The highest BCUT2D eigenvalue weighted by atomic mass is 32.1. The molecule has 1 unspecified atom stereocenters. The summed E-state index contributed by atoms with van der Waals surface area (Å²) in [6.07, 6.45) is 2.38. The average molecular weight is 268 g/mol. The van der Waals surface area contributed by atoms with Crippen LogP contribution in [-0.4, -0.2) is 38.1 Å². The molecule has 0 fully saturated rings. The Kier molecular flexibility index (Phi) is 6.33. The van der Waals surface area contributed by atoms with Crippen molar-refractivity contribution >= 4 is 11.3 Å². The zero-order chi connectivity index (χ0) is 13.6. The maximum atomic E-state index is 3.44. The summed E-state index contributed by atoms with van der Waals surface area (Å²) in [5, 5.41) is 5.60. The highest BCUT2D eigenvalue weighted by Gasteiger charge is 2.22. The summed E-state index contributed by atoms with van der Waals surface area (Å²) in [4.78, 5) is 3.93. The molecular weight excluding hydrogens is 240 g/mol. The van der Waals surface area contributed by atoms with Gasteiger partial charge < -0.3 is 10.2 Å². The Morgan fingerprint density at radius 3 is 2.56 bits per heavy atom. The van der Waals surface area contributed by atoms with E-state index in [2.05, 4.69) is 62.6 Å². The van der Waals surface area contributed by atoms with Gasteiger partial charge in [0.2, 0.25) is 0 Å². The minimum absolute atomic E-state index is 0.337. The first-order valence-corrected chi connectivity index (χ1v) is 7.69. The van der Waals surface area contributed by atoms with E-state index in [-0.39, 0.29) is 0 Å². The molecule has 18 heavy (non-hydrogen) atoms. The Balaban J connectivity index is 2.25. The fourth-order valence-electron chi connectivity index (χ4n) is 2.23. The smallest absolute Gasteiger partial charge is 0.0125 e. The number of nitrogens with zero attached hydrogens (tertiary/aromatic N) is 1. The maximum Gasteiger partial charge on any atom is 0.0125 e. The third-order valence-corrected chi connectivity index (χ3v) is 4.45. The summed E-state index contributed by atoms with van der Waals surface area (Å²) >= 11 is 1.86. The van der Waals surface area contributed by atoms with E-state index < -0.39 is 0 Å². The van der Waals surface area contributed by atoms with Gasteiger partial charge in [0.15, 0.2) is 0 Å². The lowest BCUT2D eigenvalue weighted by atomic mass is 9.85. The first kappa shape index (κ1) is 15.7. The molecule has 1 rings (SSSR count). The molecule has 1 heterocycles. The van der Waals surface area contributed by atoms with Gasteiger partial charge in [-0.3, -0.25) is 0 Å². The van der Waals surface area contributed by atoms with E-state index in [9.17, 15) is 0 Å². The predicted octanol–water partition coefficient (Wildman–Crippen LogP) is 3.25. The molecule has 1 aromatic rings. The normalized spacial score (nSPS) is 14.1. The summed E-state index contributed by atoms with van der Waals surface area (Å²) in [6.45, 7) is 9.23. The number of hydrogen-bond donors (Lipinski definition) is 1. The highest BCUT2D eigenvalue weighted by Crippen LogP contribution is 2.21. The fourth-order valence-corrected chi connectivity index (χ4v) is 2.93. The number of likely N-dealkylation sites (N-methyl/N-ethyl adjacent to an activating group) is 1. The molecule has 0 amide bonds. The van der Waals surface area contributed by atoms with Crippen molar-refractivity contribution in [3.63, 3.8) is 0 Å².